The van der Waals surface area contributed by atoms with E-state index in [2.05, 4.69) is 29.2 Å². The van der Waals surface area contributed by atoms with Crippen molar-refractivity contribution >= 4 is 11.8 Å². The monoisotopic (exact) mass is 254 g/mol. The molecule has 5 heteroatoms. The third-order valence-corrected chi connectivity index (χ3v) is 4.16. The van der Waals surface area contributed by atoms with Gasteiger partial charge in [-0.15, -0.1) is 0 Å². The summed E-state index contributed by atoms with van der Waals surface area (Å²) in [6.45, 7) is 6.21. The molecule has 0 amide bonds. The van der Waals surface area contributed by atoms with Crippen molar-refractivity contribution in [2.75, 3.05) is 11.5 Å². The smallest absolute Gasteiger partial charge is 0.140 e. The third-order valence-electron chi connectivity index (χ3n) is 2.94. The molecule has 0 saturated carbocycles. The Morgan fingerprint density at radius 1 is 1.59 bits per heavy atom. The molecule has 1 aromatic rings. The van der Waals surface area contributed by atoms with E-state index in [4.69, 9.17) is 0 Å². The molecule has 2 heterocycles. The second kappa shape index (κ2) is 6.40. The molecule has 17 heavy (non-hydrogen) atoms. The van der Waals surface area contributed by atoms with Crippen molar-refractivity contribution < 1.29 is 0 Å². The van der Waals surface area contributed by atoms with E-state index in [1.807, 2.05) is 16.4 Å². The van der Waals surface area contributed by atoms with Crippen molar-refractivity contribution in [1.82, 2.24) is 20.1 Å². The molecule has 1 aliphatic rings. The summed E-state index contributed by atoms with van der Waals surface area (Å²) in [5.41, 5.74) is 0. The van der Waals surface area contributed by atoms with Gasteiger partial charge in [0.1, 0.15) is 12.2 Å². The Morgan fingerprint density at radius 2 is 2.47 bits per heavy atom. The van der Waals surface area contributed by atoms with Crippen LogP contribution < -0.4 is 5.32 Å². The van der Waals surface area contributed by atoms with Crippen LogP contribution in [0.3, 0.4) is 0 Å². The van der Waals surface area contributed by atoms with Crippen molar-refractivity contribution in [1.29, 1.82) is 0 Å². The minimum Gasteiger partial charge on any atom is -0.306 e. The first-order chi connectivity index (χ1) is 8.25. The number of rotatable bonds is 5. The molecule has 1 N–H and O–H groups in total. The van der Waals surface area contributed by atoms with Crippen LogP contribution in [0.25, 0.3) is 0 Å². The summed E-state index contributed by atoms with van der Waals surface area (Å²) in [5.74, 6) is 4.23. The molecule has 0 aliphatic carbocycles. The highest BCUT2D eigenvalue weighted by Crippen LogP contribution is 2.17. The predicted octanol–water partition coefficient (Wildman–Crippen LogP) is 1.92. The van der Waals surface area contributed by atoms with Crippen molar-refractivity contribution in [2.24, 2.45) is 5.92 Å². The Labute approximate surface area is 108 Å². The van der Waals surface area contributed by atoms with E-state index in [1.165, 1.54) is 24.3 Å². The topological polar surface area (TPSA) is 42.7 Å². The lowest BCUT2D eigenvalue weighted by Gasteiger charge is -2.22. The van der Waals surface area contributed by atoms with Gasteiger partial charge in [0.2, 0.25) is 0 Å². The molecule has 0 aromatic carbocycles. The highest BCUT2D eigenvalue weighted by Gasteiger charge is 2.14. The second-order valence-corrected chi connectivity index (χ2v) is 6.20. The summed E-state index contributed by atoms with van der Waals surface area (Å²) in [4.78, 5) is 4.34. The maximum Gasteiger partial charge on any atom is 0.140 e. The first-order valence-corrected chi connectivity index (χ1v) is 7.59. The molecule has 1 saturated heterocycles. The third kappa shape index (κ3) is 4.00. The molecule has 4 nitrogen and oxygen atoms in total. The van der Waals surface area contributed by atoms with Crippen LogP contribution in [0.2, 0.25) is 0 Å². The zero-order valence-electron chi connectivity index (χ0n) is 10.7. The number of thioether (sulfide) groups is 1. The lowest BCUT2D eigenvalue weighted by atomic mass is 10.2. The van der Waals surface area contributed by atoms with Gasteiger partial charge in [-0.2, -0.15) is 16.9 Å². The van der Waals surface area contributed by atoms with Crippen LogP contribution in [0.5, 0.6) is 0 Å². The molecular weight excluding hydrogens is 232 g/mol. The van der Waals surface area contributed by atoms with Crippen LogP contribution in [0.15, 0.2) is 6.33 Å². The van der Waals surface area contributed by atoms with Gasteiger partial charge in [-0.25, -0.2) is 9.67 Å². The van der Waals surface area contributed by atoms with Crippen LogP contribution in [0.1, 0.15) is 32.5 Å². The van der Waals surface area contributed by atoms with E-state index in [-0.39, 0.29) is 0 Å². The Balaban J connectivity index is 1.83. The Kier molecular flexibility index (Phi) is 4.86. The van der Waals surface area contributed by atoms with Crippen molar-refractivity contribution in [3.8, 4) is 0 Å². The molecule has 1 unspecified atom stereocenters. The summed E-state index contributed by atoms with van der Waals surface area (Å²) >= 11 is 2.05. The summed E-state index contributed by atoms with van der Waals surface area (Å²) in [6.07, 6.45) is 4.29. The van der Waals surface area contributed by atoms with Gasteiger partial charge < -0.3 is 5.32 Å². The number of hydrogen-bond donors (Lipinski definition) is 1. The van der Waals surface area contributed by atoms with Crippen LogP contribution in [-0.2, 0) is 13.1 Å². The maximum atomic E-state index is 4.34. The average Bonchev–Trinajstić information content (AvgIpc) is 2.74. The largest absolute Gasteiger partial charge is 0.306 e. The van der Waals surface area contributed by atoms with Gasteiger partial charge in [0.05, 0.1) is 6.54 Å². The van der Waals surface area contributed by atoms with E-state index >= 15 is 0 Å². The number of nitrogens with one attached hydrogen (secondary N) is 1. The minimum absolute atomic E-state index is 0.612. The van der Waals surface area contributed by atoms with Gasteiger partial charge in [0, 0.05) is 18.3 Å². The Hall–Kier alpha value is -0.550. The zero-order chi connectivity index (χ0) is 12.1. The summed E-state index contributed by atoms with van der Waals surface area (Å²) in [5, 5.41) is 7.87. The maximum absolute atomic E-state index is 4.34. The molecule has 0 spiro atoms. The fourth-order valence-electron chi connectivity index (χ4n) is 2.06. The highest BCUT2D eigenvalue weighted by molar-refractivity contribution is 7.99. The quantitative estimate of drug-likeness (QED) is 0.872. The van der Waals surface area contributed by atoms with E-state index in [1.54, 1.807) is 6.33 Å². The molecule has 1 aliphatic heterocycles. The Bertz CT molecular complexity index is 331. The predicted molar refractivity (Wildman–Crippen MR) is 72.0 cm³/mol. The lowest BCUT2D eigenvalue weighted by Crippen LogP contribution is -2.34. The molecule has 1 atom stereocenters. The fourth-order valence-corrected chi connectivity index (χ4v) is 3.17. The van der Waals surface area contributed by atoms with Gasteiger partial charge in [-0.05, 0) is 24.5 Å². The molecular formula is C12H22N4S. The number of nitrogens with zero attached hydrogens (tertiary/aromatic N) is 3. The molecule has 1 fully saturated rings. The molecule has 96 valence electrons. The van der Waals surface area contributed by atoms with Gasteiger partial charge in [-0.3, -0.25) is 0 Å². The minimum atomic E-state index is 0.612. The Morgan fingerprint density at radius 3 is 3.18 bits per heavy atom. The van der Waals surface area contributed by atoms with Gasteiger partial charge >= 0.3 is 0 Å². The lowest BCUT2D eigenvalue weighted by molar-refractivity contribution is 0.440. The van der Waals surface area contributed by atoms with Gasteiger partial charge in [0.15, 0.2) is 0 Å². The summed E-state index contributed by atoms with van der Waals surface area (Å²) in [6, 6.07) is 0.651. The van der Waals surface area contributed by atoms with Crippen molar-refractivity contribution in [2.45, 2.75) is 45.8 Å². The average molecular weight is 254 g/mol. The molecule has 0 radical (unpaired) electrons. The van der Waals surface area contributed by atoms with Crippen molar-refractivity contribution in [3.63, 3.8) is 0 Å². The first kappa shape index (κ1) is 12.9. The molecule has 0 bridgehead atoms. The van der Waals surface area contributed by atoms with Crippen LogP contribution in [0.4, 0.5) is 0 Å². The van der Waals surface area contributed by atoms with Crippen LogP contribution >= 0.6 is 11.8 Å². The number of hydrogen-bond acceptors (Lipinski definition) is 4. The van der Waals surface area contributed by atoms with Crippen LogP contribution in [0, 0.1) is 5.92 Å². The van der Waals surface area contributed by atoms with E-state index < -0.39 is 0 Å². The van der Waals surface area contributed by atoms with Gasteiger partial charge in [0.25, 0.3) is 0 Å². The second-order valence-electron chi connectivity index (χ2n) is 5.05. The highest BCUT2D eigenvalue weighted by atomic mass is 32.2. The standard InChI is InChI=1S/C12H22N4S/c1-10(2)7-16-12(14-9-15-16)6-13-11-4-3-5-17-8-11/h9-11,13H,3-8H2,1-2H3. The van der Waals surface area contributed by atoms with E-state index in [0.717, 1.165) is 18.9 Å². The SMILES string of the molecule is CC(C)Cn1ncnc1CNC1CCCSC1. The summed E-state index contributed by atoms with van der Waals surface area (Å²) < 4.78 is 2.02. The fraction of sp³-hybridized carbons (Fsp3) is 0.833. The molecule has 2 rings (SSSR count). The van der Waals surface area contributed by atoms with Crippen molar-refractivity contribution in [3.05, 3.63) is 12.2 Å². The van der Waals surface area contributed by atoms with Crippen LogP contribution in [-0.4, -0.2) is 32.3 Å². The van der Waals surface area contributed by atoms with E-state index in [9.17, 15) is 0 Å². The summed E-state index contributed by atoms with van der Waals surface area (Å²) in [7, 11) is 0. The first-order valence-electron chi connectivity index (χ1n) is 6.43. The van der Waals surface area contributed by atoms with Gasteiger partial charge in [-0.1, -0.05) is 13.8 Å². The zero-order valence-corrected chi connectivity index (χ0v) is 11.5. The molecule has 1 aromatic heterocycles. The van der Waals surface area contributed by atoms with E-state index in [0.29, 0.717) is 12.0 Å². The normalized spacial score (nSPS) is 21.0. The number of aromatic nitrogens is 3.